The van der Waals surface area contributed by atoms with Gasteiger partial charge in [-0.15, -0.1) is 0 Å². The van der Waals surface area contributed by atoms with E-state index in [1.165, 1.54) is 0 Å². The molecule has 3 heterocycles. The largest absolute Gasteiger partial charge is 0.385 e. The van der Waals surface area contributed by atoms with Crippen molar-refractivity contribution < 1.29 is 18.8 Å². The molecule has 2 aromatic rings. The molecule has 1 aromatic heterocycles. The van der Waals surface area contributed by atoms with Crippen LogP contribution in [-0.2, 0) is 25.1 Å². The number of likely N-dealkylation sites (tertiary alicyclic amines) is 1. The third-order valence-electron chi connectivity index (χ3n) is 7.76. The van der Waals surface area contributed by atoms with Crippen LogP contribution in [0, 0.1) is 0 Å². The highest BCUT2D eigenvalue weighted by atomic mass is 16.5. The van der Waals surface area contributed by atoms with Gasteiger partial charge < -0.3 is 18.9 Å². The van der Waals surface area contributed by atoms with Gasteiger partial charge >= 0.3 is 0 Å². The van der Waals surface area contributed by atoms with Crippen molar-refractivity contribution in [3.63, 3.8) is 0 Å². The van der Waals surface area contributed by atoms with E-state index in [4.69, 9.17) is 19.0 Å². The average molecular weight is 440 g/mol. The van der Waals surface area contributed by atoms with E-state index in [-0.39, 0.29) is 22.7 Å². The van der Waals surface area contributed by atoms with E-state index in [1.807, 2.05) is 18.2 Å². The van der Waals surface area contributed by atoms with Crippen molar-refractivity contribution in [3.8, 4) is 0 Å². The van der Waals surface area contributed by atoms with Gasteiger partial charge in [-0.3, -0.25) is 4.79 Å². The molecule has 1 saturated carbocycles. The van der Waals surface area contributed by atoms with E-state index in [0.29, 0.717) is 6.61 Å². The Balaban J connectivity index is 1.31. The summed E-state index contributed by atoms with van der Waals surface area (Å²) in [5, 5.41) is 4.43. The first-order valence-corrected chi connectivity index (χ1v) is 11.9. The van der Waals surface area contributed by atoms with Crippen molar-refractivity contribution in [3.05, 3.63) is 47.6 Å². The maximum atomic E-state index is 13.5. The van der Waals surface area contributed by atoms with Crippen LogP contribution in [0.2, 0.25) is 0 Å². The van der Waals surface area contributed by atoms with Crippen LogP contribution in [0.1, 0.15) is 68.1 Å². The van der Waals surface area contributed by atoms with Crippen LogP contribution in [0.5, 0.6) is 0 Å². The third-order valence-corrected chi connectivity index (χ3v) is 7.76. The number of amides is 1. The summed E-state index contributed by atoms with van der Waals surface area (Å²) in [4.78, 5) is 20.4. The van der Waals surface area contributed by atoms with Crippen LogP contribution in [0.15, 0.2) is 34.9 Å². The molecular weight excluding hydrogens is 406 g/mol. The lowest BCUT2D eigenvalue weighted by Gasteiger charge is -2.41. The summed E-state index contributed by atoms with van der Waals surface area (Å²) >= 11 is 0. The summed E-state index contributed by atoms with van der Waals surface area (Å²) in [7, 11) is 1.73. The average Bonchev–Trinajstić information content (AvgIpc) is 3.52. The molecule has 0 bridgehead atoms. The van der Waals surface area contributed by atoms with E-state index in [1.54, 1.807) is 7.11 Å². The molecule has 5 rings (SSSR count). The van der Waals surface area contributed by atoms with Crippen molar-refractivity contribution in [1.82, 2.24) is 15.0 Å². The number of methoxy groups -OCH3 is 1. The number of nitrogens with zero attached hydrogens (tertiary/aromatic N) is 3. The predicted molar refractivity (Wildman–Crippen MR) is 118 cm³/mol. The maximum Gasteiger partial charge on any atom is 0.233 e. The highest BCUT2D eigenvalue weighted by Crippen LogP contribution is 2.50. The summed E-state index contributed by atoms with van der Waals surface area (Å²) in [5.41, 5.74) is 0.639. The van der Waals surface area contributed by atoms with E-state index in [0.717, 1.165) is 88.5 Å². The van der Waals surface area contributed by atoms with Crippen molar-refractivity contribution in [2.45, 2.75) is 61.7 Å². The first kappa shape index (κ1) is 21.6. The zero-order valence-corrected chi connectivity index (χ0v) is 18.9. The summed E-state index contributed by atoms with van der Waals surface area (Å²) < 4.78 is 16.6. The van der Waals surface area contributed by atoms with Gasteiger partial charge in [0, 0.05) is 51.4 Å². The molecule has 7 heteroatoms. The van der Waals surface area contributed by atoms with Gasteiger partial charge in [-0.2, -0.15) is 4.98 Å². The first-order chi connectivity index (χ1) is 15.7. The fraction of sp³-hybridized carbons (Fsp3) is 0.640. The monoisotopic (exact) mass is 439 g/mol. The summed E-state index contributed by atoms with van der Waals surface area (Å²) in [6.45, 7) is 3.58. The number of hydrogen-bond donors (Lipinski definition) is 0. The number of aromatic nitrogens is 2. The van der Waals surface area contributed by atoms with Crippen molar-refractivity contribution >= 4 is 5.91 Å². The maximum absolute atomic E-state index is 13.5. The molecule has 0 unspecified atom stereocenters. The quantitative estimate of drug-likeness (QED) is 0.656. The van der Waals surface area contributed by atoms with Gasteiger partial charge in [-0.1, -0.05) is 35.5 Å². The molecule has 0 N–H and O–H groups in total. The lowest BCUT2D eigenvalue weighted by molar-refractivity contribution is -0.135. The van der Waals surface area contributed by atoms with Gasteiger partial charge in [0.2, 0.25) is 11.8 Å². The highest BCUT2D eigenvalue weighted by Gasteiger charge is 2.54. The normalized spacial score (nSPS) is 22.6. The molecule has 3 fully saturated rings. The second kappa shape index (κ2) is 8.94. The molecule has 3 aliphatic rings. The molecule has 0 atom stereocenters. The molecule has 1 aliphatic carbocycles. The van der Waals surface area contributed by atoms with Crippen LogP contribution in [0.3, 0.4) is 0 Å². The molecule has 0 spiro atoms. The Morgan fingerprint density at radius 1 is 1.12 bits per heavy atom. The standard InChI is InChI=1S/C25H33N3O4/c1-30-18-13-24(22-26-21(32-27-22)19-7-16-31-17-8-19)11-14-28(15-12-24)23(29)25(9-10-25)20-5-3-2-4-6-20/h2-6,19H,7-18H2,1H3. The SMILES string of the molecule is COCCC1(c2noc(C3CCOCC3)n2)CCN(C(=O)C2(c3ccccc3)CC2)CC1. The molecule has 32 heavy (non-hydrogen) atoms. The molecule has 2 saturated heterocycles. The van der Waals surface area contributed by atoms with E-state index >= 15 is 0 Å². The number of carbonyl (C=O) groups excluding carboxylic acids is 1. The molecular formula is C25H33N3O4. The Morgan fingerprint density at radius 2 is 1.84 bits per heavy atom. The number of benzene rings is 1. The first-order valence-electron chi connectivity index (χ1n) is 11.9. The van der Waals surface area contributed by atoms with E-state index in [2.05, 4.69) is 22.2 Å². The topological polar surface area (TPSA) is 77.7 Å². The molecule has 2 aliphatic heterocycles. The Labute approximate surface area is 189 Å². The molecule has 172 valence electrons. The van der Waals surface area contributed by atoms with Crippen molar-refractivity contribution in [2.24, 2.45) is 0 Å². The number of carbonyl (C=O) groups is 1. The second-order valence-electron chi connectivity index (χ2n) is 9.61. The lowest BCUT2D eigenvalue weighted by Crippen LogP contribution is -2.49. The minimum absolute atomic E-state index is 0.205. The van der Waals surface area contributed by atoms with Gasteiger partial charge in [0.15, 0.2) is 5.82 Å². The minimum atomic E-state index is -0.309. The Bertz CT molecular complexity index is 910. The lowest BCUT2D eigenvalue weighted by atomic mass is 9.74. The molecule has 0 radical (unpaired) electrons. The Kier molecular flexibility index (Phi) is 6.03. The van der Waals surface area contributed by atoms with Crippen LogP contribution in [-0.4, -0.2) is 61.0 Å². The van der Waals surface area contributed by atoms with Gasteiger partial charge in [0.25, 0.3) is 0 Å². The zero-order valence-electron chi connectivity index (χ0n) is 18.9. The fourth-order valence-electron chi connectivity index (χ4n) is 5.39. The van der Waals surface area contributed by atoms with Gasteiger partial charge in [-0.25, -0.2) is 0 Å². The molecule has 7 nitrogen and oxygen atoms in total. The van der Waals surface area contributed by atoms with Crippen molar-refractivity contribution in [1.29, 1.82) is 0 Å². The summed E-state index contributed by atoms with van der Waals surface area (Å²) in [6, 6.07) is 10.3. The molecule has 1 amide bonds. The van der Waals surface area contributed by atoms with Gasteiger partial charge in [0.05, 0.1) is 5.41 Å². The van der Waals surface area contributed by atoms with E-state index < -0.39 is 0 Å². The predicted octanol–water partition coefficient (Wildman–Crippen LogP) is 3.59. The summed E-state index contributed by atoms with van der Waals surface area (Å²) in [6.07, 6.45) is 6.25. The molecule has 1 aromatic carbocycles. The number of ether oxygens (including phenoxy) is 2. The number of rotatable bonds is 7. The third kappa shape index (κ3) is 3.97. The van der Waals surface area contributed by atoms with Crippen molar-refractivity contribution in [2.75, 3.05) is 40.0 Å². The zero-order chi connectivity index (χ0) is 22.0. The Morgan fingerprint density at radius 3 is 2.50 bits per heavy atom. The summed E-state index contributed by atoms with van der Waals surface area (Å²) in [5.74, 6) is 2.08. The Hall–Kier alpha value is -2.25. The number of hydrogen-bond acceptors (Lipinski definition) is 6. The van der Waals surface area contributed by atoms with E-state index in [9.17, 15) is 4.79 Å². The van der Waals surface area contributed by atoms with Gasteiger partial charge in [-0.05, 0) is 50.5 Å². The fourth-order valence-corrected chi connectivity index (χ4v) is 5.39. The minimum Gasteiger partial charge on any atom is -0.385 e. The second-order valence-corrected chi connectivity index (χ2v) is 9.61. The van der Waals surface area contributed by atoms with Crippen LogP contribution in [0.4, 0.5) is 0 Å². The van der Waals surface area contributed by atoms with Crippen LogP contribution < -0.4 is 0 Å². The highest BCUT2D eigenvalue weighted by molar-refractivity contribution is 5.91. The van der Waals surface area contributed by atoms with Crippen LogP contribution >= 0.6 is 0 Å². The number of piperidine rings is 1. The van der Waals surface area contributed by atoms with Gasteiger partial charge in [0.1, 0.15) is 0 Å². The smallest absolute Gasteiger partial charge is 0.233 e. The van der Waals surface area contributed by atoms with Crippen LogP contribution in [0.25, 0.3) is 0 Å².